The molecular weight excluding hydrogens is 422 g/mol. The largest absolute Gasteiger partial charge is 0.493 e. The van der Waals surface area contributed by atoms with E-state index in [9.17, 15) is 4.79 Å². The number of nitrogen functional groups attached to an aromatic ring is 1. The summed E-state index contributed by atoms with van der Waals surface area (Å²) in [6, 6.07) is 3.60. The van der Waals surface area contributed by atoms with Crippen LogP contribution in [0.2, 0.25) is 0 Å². The number of hydrogen-bond donors (Lipinski definition) is 1. The first-order chi connectivity index (χ1) is 14.5. The van der Waals surface area contributed by atoms with Gasteiger partial charge in [0.1, 0.15) is 11.4 Å². The molecule has 10 heteroatoms. The van der Waals surface area contributed by atoms with E-state index in [1.165, 1.54) is 0 Å². The number of ether oxygens (including phenoxy) is 3. The number of halogens is 1. The maximum atomic E-state index is 13.0. The summed E-state index contributed by atoms with van der Waals surface area (Å²) in [5.74, 6) is 2.94. The molecule has 0 unspecified atom stereocenters. The molecule has 4 heterocycles. The Morgan fingerprint density at radius 3 is 2.42 bits per heavy atom. The highest BCUT2D eigenvalue weighted by atomic mass is 35.5. The predicted octanol–water partition coefficient (Wildman–Crippen LogP) is 1.87. The van der Waals surface area contributed by atoms with Crippen LogP contribution < -0.4 is 20.1 Å². The Kier molecular flexibility index (Phi) is 5.74. The lowest BCUT2D eigenvalue weighted by Gasteiger charge is -2.52. The number of benzene rings is 1. The van der Waals surface area contributed by atoms with Crippen LogP contribution in [0.15, 0.2) is 12.1 Å². The van der Waals surface area contributed by atoms with Gasteiger partial charge in [0.25, 0.3) is 5.91 Å². The van der Waals surface area contributed by atoms with Crippen molar-refractivity contribution in [2.75, 3.05) is 57.6 Å². The molecule has 6 rings (SSSR count). The highest BCUT2D eigenvalue weighted by molar-refractivity contribution is 5.92. The van der Waals surface area contributed by atoms with E-state index in [0.717, 1.165) is 24.6 Å². The van der Waals surface area contributed by atoms with Gasteiger partial charge in [-0.15, -0.1) is 12.4 Å². The summed E-state index contributed by atoms with van der Waals surface area (Å²) in [5.41, 5.74) is 6.37. The smallest absolute Gasteiger partial charge is 0.254 e. The average Bonchev–Trinajstić information content (AvgIpc) is 2.77. The average molecular weight is 450 g/mol. The second-order valence-corrected chi connectivity index (χ2v) is 8.32. The van der Waals surface area contributed by atoms with E-state index in [1.54, 1.807) is 20.3 Å². The molecular formula is C21H28ClN5O4. The van der Waals surface area contributed by atoms with Crippen molar-refractivity contribution in [1.29, 1.82) is 0 Å². The van der Waals surface area contributed by atoms with Gasteiger partial charge in [-0.3, -0.25) is 4.79 Å². The highest BCUT2D eigenvalue weighted by Crippen LogP contribution is 2.48. The van der Waals surface area contributed by atoms with Crippen molar-refractivity contribution in [1.82, 2.24) is 14.9 Å². The quantitative estimate of drug-likeness (QED) is 0.754. The SMILES string of the molecule is COc1cc2nc(N3CCN(C(=O)C45CC(CCO4)C5)CC3)nc(N)c2cc1OC.Cl. The number of piperazine rings is 1. The van der Waals surface area contributed by atoms with Crippen LogP contribution in [0.1, 0.15) is 19.3 Å². The molecule has 4 fully saturated rings. The van der Waals surface area contributed by atoms with E-state index in [-0.39, 0.29) is 18.3 Å². The van der Waals surface area contributed by atoms with Crippen molar-refractivity contribution in [3.63, 3.8) is 0 Å². The number of amides is 1. The monoisotopic (exact) mass is 449 g/mol. The van der Waals surface area contributed by atoms with Gasteiger partial charge in [0.15, 0.2) is 11.5 Å². The zero-order chi connectivity index (χ0) is 20.9. The van der Waals surface area contributed by atoms with Crippen LogP contribution in [0.4, 0.5) is 11.8 Å². The van der Waals surface area contributed by atoms with Gasteiger partial charge in [0, 0.05) is 44.2 Å². The lowest BCUT2D eigenvalue weighted by atomic mass is 9.66. The summed E-state index contributed by atoms with van der Waals surface area (Å²) in [5, 5.41) is 0.721. The summed E-state index contributed by atoms with van der Waals surface area (Å²) in [7, 11) is 3.17. The van der Waals surface area contributed by atoms with Gasteiger partial charge < -0.3 is 29.7 Å². The van der Waals surface area contributed by atoms with Gasteiger partial charge in [0.2, 0.25) is 5.95 Å². The molecule has 0 radical (unpaired) electrons. The fourth-order valence-electron chi connectivity index (χ4n) is 4.86. The van der Waals surface area contributed by atoms with Gasteiger partial charge in [-0.05, 0) is 31.2 Å². The van der Waals surface area contributed by atoms with Gasteiger partial charge in [0.05, 0.1) is 19.7 Å². The molecule has 1 aromatic carbocycles. The Balaban J connectivity index is 0.00000231. The molecule has 3 aliphatic heterocycles. The second-order valence-electron chi connectivity index (χ2n) is 8.32. The van der Waals surface area contributed by atoms with Gasteiger partial charge in [-0.2, -0.15) is 4.98 Å². The maximum absolute atomic E-state index is 13.0. The van der Waals surface area contributed by atoms with Crippen LogP contribution in [-0.4, -0.2) is 73.4 Å². The third kappa shape index (κ3) is 3.59. The second kappa shape index (κ2) is 8.20. The third-order valence-electron chi connectivity index (χ3n) is 6.60. The minimum absolute atomic E-state index is 0. The van der Waals surface area contributed by atoms with Crippen molar-refractivity contribution >= 4 is 41.0 Å². The summed E-state index contributed by atoms with van der Waals surface area (Å²) in [6.45, 7) is 3.27. The Morgan fingerprint density at radius 1 is 1.13 bits per heavy atom. The van der Waals surface area contributed by atoms with E-state index in [1.807, 2.05) is 11.0 Å². The van der Waals surface area contributed by atoms with Crippen molar-refractivity contribution in [2.45, 2.75) is 24.9 Å². The first-order valence-electron chi connectivity index (χ1n) is 10.4. The molecule has 1 aliphatic carbocycles. The molecule has 3 saturated heterocycles. The number of rotatable bonds is 4. The number of nitrogens with zero attached hydrogens (tertiary/aromatic N) is 4. The van der Waals surface area contributed by atoms with Gasteiger partial charge in [-0.1, -0.05) is 0 Å². The summed E-state index contributed by atoms with van der Waals surface area (Å²) >= 11 is 0. The highest BCUT2D eigenvalue weighted by Gasteiger charge is 2.55. The van der Waals surface area contributed by atoms with Gasteiger partial charge >= 0.3 is 0 Å². The molecule has 1 aromatic heterocycles. The molecule has 0 spiro atoms. The molecule has 2 N–H and O–H groups in total. The van der Waals surface area contributed by atoms with Crippen LogP contribution in [-0.2, 0) is 9.53 Å². The Labute approximate surface area is 187 Å². The number of carbonyl (C=O) groups is 1. The molecule has 2 bridgehead atoms. The zero-order valence-corrected chi connectivity index (χ0v) is 18.6. The molecule has 1 amide bonds. The molecule has 1 saturated carbocycles. The van der Waals surface area contributed by atoms with Gasteiger partial charge in [-0.25, -0.2) is 4.98 Å². The molecule has 2 aromatic rings. The Morgan fingerprint density at radius 2 is 1.81 bits per heavy atom. The summed E-state index contributed by atoms with van der Waals surface area (Å²) in [6.07, 6.45) is 2.84. The molecule has 31 heavy (non-hydrogen) atoms. The van der Waals surface area contributed by atoms with Crippen LogP contribution >= 0.6 is 12.4 Å². The van der Waals surface area contributed by atoms with Crippen molar-refractivity contribution in [2.24, 2.45) is 5.92 Å². The summed E-state index contributed by atoms with van der Waals surface area (Å²) < 4.78 is 16.6. The standard InChI is InChI=1S/C21H27N5O4.ClH/c1-28-16-9-14-15(10-17(16)29-2)23-20(24-18(14)22)26-6-4-25(5-7-26)19(27)21-11-13(12-21)3-8-30-21;/h9-10,13H,3-8,11-12H2,1-2H3,(H2,22,23,24);1H. The fraction of sp³-hybridized carbons (Fsp3) is 0.571. The van der Waals surface area contributed by atoms with E-state index >= 15 is 0 Å². The lowest BCUT2D eigenvalue weighted by molar-refractivity contribution is -0.200. The number of hydrogen-bond acceptors (Lipinski definition) is 8. The minimum atomic E-state index is -0.551. The normalized spacial score (nSPS) is 24.9. The minimum Gasteiger partial charge on any atom is -0.493 e. The number of anilines is 2. The molecule has 4 aliphatic rings. The topological polar surface area (TPSA) is 103 Å². The number of aromatic nitrogens is 2. The number of fused-ring (bicyclic) bond motifs is 3. The molecule has 0 atom stereocenters. The van der Waals surface area contributed by atoms with Crippen molar-refractivity contribution in [3.8, 4) is 11.5 Å². The zero-order valence-electron chi connectivity index (χ0n) is 17.8. The Bertz CT molecular complexity index is 984. The third-order valence-corrected chi connectivity index (χ3v) is 6.60. The van der Waals surface area contributed by atoms with Crippen LogP contribution in [0.25, 0.3) is 10.9 Å². The van der Waals surface area contributed by atoms with Crippen LogP contribution in [0.5, 0.6) is 11.5 Å². The van der Waals surface area contributed by atoms with Crippen molar-refractivity contribution < 1.29 is 19.0 Å². The molecule has 168 valence electrons. The first-order valence-corrected chi connectivity index (χ1v) is 10.4. The Hall–Kier alpha value is -2.52. The molecule has 9 nitrogen and oxygen atoms in total. The van der Waals surface area contributed by atoms with Crippen LogP contribution in [0, 0.1) is 5.92 Å². The first kappa shape index (κ1) is 21.7. The van der Waals surface area contributed by atoms with Crippen molar-refractivity contribution in [3.05, 3.63) is 12.1 Å². The maximum Gasteiger partial charge on any atom is 0.254 e. The van der Waals surface area contributed by atoms with E-state index in [2.05, 4.69) is 9.88 Å². The fourth-order valence-corrected chi connectivity index (χ4v) is 4.86. The number of methoxy groups -OCH3 is 2. The number of carbonyl (C=O) groups excluding carboxylic acids is 1. The van der Waals surface area contributed by atoms with E-state index in [0.29, 0.717) is 67.5 Å². The van der Waals surface area contributed by atoms with Crippen LogP contribution in [0.3, 0.4) is 0 Å². The lowest BCUT2D eigenvalue weighted by Crippen LogP contribution is -2.63. The van der Waals surface area contributed by atoms with E-state index in [4.69, 9.17) is 24.9 Å². The van der Waals surface area contributed by atoms with E-state index < -0.39 is 5.60 Å². The summed E-state index contributed by atoms with van der Waals surface area (Å²) in [4.78, 5) is 26.2. The predicted molar refractivity (Wildman–Crippen MR) is 119 cm³/mol. The number of nitrogens with two attached hydrogens (primary N) is 1.